The maximum Gasteiger partial charge on any atom is 0.252 e. The fourth-order valence-corrected chi connectivity index (χ4v) is 2.33. The van der Waals surface area contributed by atoms with Crippen molar-refractivity contribution in [2.24, 2.45) is 0 Å². The second-order valence-electron chi connectivity index (χ2n) is 4.86. The Hall–Kier alpha value is -2.39. The maximum atomic E-state index is 12.2. The van der Waals surface area contributed by atoms with E-state index in [9.17, 15) is 9.59 Å². The summed E-state index contributed by atoms with van der Waals surface area (Å²) < 4.78 is 4.95. The Morgan fingerprint density at radius 1 is 1.52 bits per heavy atom. The number of carbonyl (C=O) groups is 2. The van der Waals surface area contributed by atoms with E-state index in [-0.39, 0.29) is 24.3 Å². The largest absolute Gasteiger partial charge is 0.383 e. The fourth-order valence-electron chi connectivity index (χ4n) is 2.33. The van der Waals surface area contributed by atoms with E-state index in [4.69, 9.17) is 10.00 Å². The molecule has 1 heterocycles. The van der Waals surface area contributed by atoms with E-state index in [2.05, 4.69) is 5.32 Å². The zero-order chi connectivity index (χ0) is 15.2. The predicted octanol–water partition coefficient (Wildman–Crippen LogP) is 0.535. The van der Waals surface area contributed by atoms with Gasteiger partial charge >= 0.3 is 0 Å². The molecule has 0 aromatic heterocycles. The second kappa shape index (κ2) is 6.86. The molecule has 0 aliphatic carbocycles. The van der Waals surface area contributed by atoms with E-state index >= 15 is 0 Å². The van der Waals surface area contributed by atoms with Crippen molar-refractivity contribution in [2.75, 3.05) is 26.8 Å². The molecule has 1 aromatic carbocycles. The summed E-state index contributed by atoms with van der Waals surface area (Å²) in [5.41, 5.74) is 0.665. The Kier molecular flexibility index (Phi) is 4.90. The lowest BCUT2D eigenvalue weighted by Crippen LogP contribution is -2.38. The number of hydrogen-bond donors (Lipinski definition) is 1. The molecule has 1 N–H and O–H groups in total. The number of carbonyl (C=O) groups excluding carboxylic acids is 2. The minimum atomic E-state index is -0.321. The lowest BCUT2D eigenvalue weighted by atomic mass is 10.1. The zero-order valence-corrected chi connectivity index (χ0v) is 11.8. The minimum absolute atomic E-state index is 0.00548. The first-order valence-electron chi connectivity index (χ1n) is 6.72. The number of nitrogens with zero attached hydrogens (tertiary/aromatic N) is 2. The second-order valence-corrected chi connectivity index (χ2v) is 4.86. The molecule has 6 nitrogen and oxygen atoms in total. The molecule has 1 atom stereocenters. The van der Waals surface area contributed by atoms with Crippen LogP contribution >= 0.6 is 0 Å². The standard InChI is InChI=1S/C15H17N3O3/c1-21-7-6-18-10-12(8-14(18)19)17-15(20)13-5-3-2-4-11(13)9-16/h2-5,12H,6-8,10H2,1H3,(H,17,20)/t12-/m1/s1. The first kappa shape index (κ1) is 15.0. The van der Waals surface area contributed by atoms with E-state index in [1.54, 1.807) is 36.3 Å². The first-order valence-corrected chi connectivity index (χ1v) is 6.72. The molecular weight excluding hydrogens is 270 g/mol. The van der Waals surface area contributed by atoms with E-state index in [1.807, 2.05) is 6.07 Å². The van der Waals surface area contributed by atoms with Crippen molar-refractivity contribution < 1.29 is 14.3 Å². The number of nitrogens with one attached hydrogen (secondary N) is 1. The van der Waals surface area contributed by atoms with Gasteiger partial charge in [0, 0.05) is 26.6 Å². The van der Waals surface area contributed by atoms with Crippen LogP contribution < -0.4 is 5.32 Å². The SMILES string of the molecule is COCCN1C[C@H](NC(=O)c2ccccc2C#N)CC1=O. The molecule has 6 heteroatoms. The van der Waals surface area contributed by atoms with Gasteiger partial charge in [-0.15, -0.1) is 0 Å². The normalized spacial score (nSPS) is 17.6. The van der Waals surface area contributed by atoms with E-state index in [0.29, 0.717) is 30.8 Å². The monoisotopic (exact) mass is 287 g/mol. The van der Waals surface area contributed by atoms with E-state index in [0.717, 1.165) is 0 Å². The van der Waals surface area contributed by atoms with Crippen LogP contribution in [0, 0.1) is 11.3 Å². The number of nitriles is 1. The molecule has 21 heavy (non-hydrogen) atoms. The number of amides is 2. The topological polar surface area (TPSA) is 82.4 Å². The van der Waals surface area contributed by atoms with Crippen LogP contribution in [0.1, 0.15) is 22.3 Å². The van der Waals surface area contributed by atoms with Crippen LogP contribution in [0.3, 0.4) is 0 Å². The van der Waals surface area contributed by atoms with Crippen LogP contribution in [0.15, 0.2) is 24.3 Å². The third kappa shape index (κ3) is 3.58. The molecule has 0 unspecified atom stereocenters. The van der Waals surface area contributed by atoms with Crippen LogP contribution in [0.5, 0.6) is 0 Å². The zero-order valence-electron chi connectivity index (χ0n) is 11.8. The van der Waals surface area contributed by atoms with Gasteiger partial charge in [-0.1, -0.05) is 12.1 Å². The highest BCUT2D eigenvalue weighted by molar-refractivity contribution is 5.97. The van der Waals surface area contributed by atoms with Crippen molar-refractivity contribution in [3.05, 3.63) is 35.4 Å². The third-order valence-electron chi connectivity index (χ3n) is 3.41. The molecule has 1 aliphatic heterocycles. The smallest absolute Gasteiger partial charge is 0.252 e. The molecule has 0 bridgehead atoms. The molecule has 2 amide bonds. The summed E-state index contributed by atoms with van der Waals surface area (Å²) in [4.78, 5) is 25.7. The number of benzene rings is 1. The van der Waals surface area contributed by atoms with Gasteiger partial charge in [0.2, 0.25) is 5.91 Å². The average molecular weight is 287 g/mol. The number of likely N-dealkylation sites (tertiary alicyclic amines) is 1. The number of rotatable bonds is 5. The van der Waals surface area contributed by atoms with Gasteiger partial charge in [-0.3, -0.25) is 9.59 Å². The van der Waals surface area contributed by atoms with Gasteiger partial charge in [-0.05, 0) is 12.1 Å². The molecule has 1 fully saturated rings. The lowest BCUT2D eigenvalue weighted by Gasteiger charge is -2.16. The number of methoxy groups -OCH3 is 1. The van der Waals surface area contributed by atoms with Crippen molar-refractivity contribution in [1.82, 2.24) is 10.2 Å². The molecule has 0 radical (unpaired) electrons. The molecule has 110 valence electrons. The van der Waals surface area contributed by atoms with Crippen molar-refractivity contribution >= 4 is 11.8 Å². The molecule has 1 aliphatic rings. The van der Waals surface area contributed by atoms with Gasteiger partial charge in [-0.2, -0.15) is 5.26 Å². The predicted molar refractivity (Wildman–Crippen MR) is 75.5 cm³/mol. The van der Waals surface area contributed by atoms with Crippen LogP contribution in [0.2, 0.25) is 0 Å². The Balaban J connectivity index is 1.98. The summed E-state index contributed by atoms with van der Waals surface area (Å²) in [5.74, 6) is -0.315. The summed E-state index contributed by atoms with van der Waals surface area (Å²) in [5, 5.41) is 11.8. The highest BCUT2D eigenvalue weighted by atomic mass is 16.5. The highest BCUT2D eigenvalue weighted by Gasteiger charge is 2.30. The summed E-state index contributed by atoms with van der Waals surface area (Å²) in [6.07, 6.45) is 0.282. The number of hydrogen-bond acceptors (Lipinski definition) is 4. The molecule has 1 saturated heterocycles. The van der Waals surface area contributed by atoms with Gasteiger partial charge in [-0.25, -0.2) is 0 Å². The van der Waals surface area contributed by atoms with Gasteiger partial charge in [0.15, 0.2) is 0 Å². The van der Waals surface area contributed by atoms with Crippen LogP contribution in [-0.4, -0.2) is 49.6 Å². The summed E-state index contributed by atoms with van der Waals surface area (Å²) in [6.45, 7) is 1.48. The Morgan fingerprint density at radius 2 is 2.29 bits per heavy atom. The molecule has 0 saturated carbocycles. The highest BCUT2D eigenvalue weighted by Crippen LogP contribution is 2.13. The average Bonchev–Trinajstić information content (AvgIpc) is 2.84. The Morgan fingerprint density at radius 3 is 3.00 bits per heavy atom. The van der Waals surface area contributed by atoms with E-state index < -0.39 is 0 Å². The summed E-state index contributed by atoms with van der Waals surface area (Å²) >= 11 is 0. The van der Waals surface area contributed by atoms with Gasteiger partial charge in [0.1, 0.15) is 0 Å². The summed E-state index contributed by atoms with van der Waals surface area (Å²) in [7, 11) is 1.58. The molecule has 1 aromatic rings. The van der Waals surface area contributed by atoms with Crippen molar-refractivity contribution in [2.45, 2.75) is 12.5 Å². The lowest BCUT2D eigenvalue weighted by molar-refractivity contribution is -0.128. The van der Waals surface area contributed by atoms with Crippen molar-refractivity contribution in [3.8, 4) is 6.07 Å². The van der Waals surface area contributed by atoms with Crippen molar-refractivity contribution in [3.63, 3.8) is 0 Å². The fraction of sp³-hybridized carbons (Fsp3) is 0.400. The van der Waals surface area contributed by atoms with Crippen LogP contribution in [0.25, 0.3) is 0 Å². The van der Waals surface area contributed by atoms with Gasteiger partial charge in [0.25, 0.3) is 5.91 Å². The maximum absolute atomic E-state index is 12.2. The summed E-state index contributed by atoms with van der Waals surface area (Å²) in [6, 6.07) is 8.38. The van der Waals surface area contributed by atoms with Gasteiger partial charge in [0.05, 0.1) is 29.8 Å². The quantitative estimate of drug-likeness (QED) is 0.856. The van der Waals surface area contributed by atoms with Crippen molar-refractivity contribution in [1.29, 1.82) is 5.26 Å². The minimum Gasteiger partial charge on any atom is -0.383 e. The van der Waals surface area contributed by atoms with Crippen LogP contribution in [0.4, 0.5) is 0 Å². The Labute approximate surface area is 123 Å². The molecule has 0 spiro atoms. The van der Waals surface area contributed by atoms with E-state index in [1.165, 1.54) is 0 Å². The molecule has 2 rings (SSSR count). The Bertz CT molecular complexity index is 580. The van der Waals surface area contributed by atoms with Gasteiger partial charge < -0.3 is 15.0 Å². The number of ether oxygens (including phenoxy) is 1. The molecular formula is C15H17N3O3. The first-order chi connectivity index (χ1) is 10.2. The third-order valence-corrected chi connectivity index (χ3v) is 3.41. The van der Waals surface area contributed by atoms with Crippen LogP contribution in [-0.2, 0) is 9.53 Å².